The van der Waals surface area contributed by atoms with E-state index >= 15 is 0 Å². The molecule has 0 N–H and O–H groups in total. The number of para-hydroxylation sites is 2. The van der Waals surface area contributed by atoms with E-state index in [0.29, 0.717) is 36.0 Å². The van der Waals surface area contributed by atoms with Crippen molar-refractivity contribution in [2.24, 2.45) is 0 Å². The van der Waals surface area contributed by atoms with Gasteiger partial charge < -0.3 is 29.1 Å². The van der Waals surface area contributed by atoms with E-state index in [4.69, 9.17) is 9.47 Å². The molecule has 0 unspecified atom stereocenters. The van der Waals surface area contributed by atoms with Crippen molar-refractivity contribution < 1.29 is 36.6 Å². The summed E-state index contributed by atoms with van der Waals surface area (Å²) < 4.78 is 10.6. The molecule has 0 bridgehead atoms. The van der Waals surface area contributed by atoms with Crippen LogP contribution in [0.3, 0.4) is 0 Å². The van der Waals surface area contributed by atoms with Gasteiger partial charge >= 0.3 is 6.16 Å². The summed E-state index contributed by atoms with van der Waals surface area (Å²) in [5, 5.41) is 2.11. The summed E-state index contributed by atoms with van der Waals surface area (Å²) >= 11 is 0. The molecule has 0 saturated heterocycles. The SMILES string of the molecule is CC(C)c1cccc(C(C)C)c1N1C=CN(c2c(C(C)C)cccc2C(C)C)[CH-]1.Cc1cc(C)c(N2C=CN(CCOC(=O)Oc3ccc4ccccc4c3)[CH-]2)c(C)c1.[Au]. The van der Waals surface area contributed by atoms with Gasteiger partial charge in [0.25, 0.3) is 0 Å². The van der Waals surface area contributed by atoms with Crippen LogP contribution in [0.5, 0.6) is 5.75 Å². The molecule has 2 aliphatic rings. The molecule has 321 valence electrons. The zero-order chi connectivity index (χ0) is 42.4. The van der Waals surface area contributed by atoms with E-state index in [1.54, 1.807) is 6.07 Å². The van der Waals surface area contributed by atoms with Gasteiger partial charge in [-0.3, -0.25) is 0 Å². The number of rotatable bonds is 11. The van der Waals surface area contributed by atoms with E-state index in [9.17, 15) is 4.79 Å². The topological polar surface area (TPSA) is 48.5 Å². The molecule has 2 aliphatic heterocycles. The molecule has 5 aromatic rings. The van der Waals surface area contributed by atoms with Crippen LogP contribution in [-0.2, 0) is 27.1 Å². The van der Waals surface area contributed by atoms with Crippen molar-refractivity contribution >= 4 is 34.0 Å². The standard InChI is InChI=1S/C27H37N2.C25H25N2O3.Au/c1-18(2)22-11-9-12-23(19(3)4)26(22)28-15-16-29(17-28)27-24(20(5)6)13-10-14-25(27)21(7)8;1-18-14-19(2)24(20(3)15-18)27-11-10-26(17-27)12-13-29-25(28)30-23-9-8-21-6-4-5-7-22(21)16-23;/h9-21H,1-8H3;4-11,14-17H,12-13H2,1-3H3;/q2*-1;. The average molecular weight is 988 g/mol. The normalized spacial score (nSPS) is 13.5. The van der Waals surface area contributed by atoms with Crippen LogP contribution < -0.4 is 19.4 Å². The van der Waals surface area contributed by atoms with Gasteiger partial charge in [-0.25, -0.2) is 4.79 Å². The Morgan fingerprint density at radius 3 is 1.52 bits per heavy atom. The minimum Gasteiger partial charge on any atom is -0.505 e. The van der Waals surface area contributed by atoms with Crippen molar-refractivity contribution in [1.29, 1.82) is 0 Å². The molecule has 0 aliphatic carbocycles. The first-order chi connectivity index (χ1) is 28.2. The fourth-order valence-electron chi connectivity index (χ4n) is 8.07. The van der Waals surface area contributed by atoms with Crippen molar-refractivity contribution in [3.63, 3.8) is 0 Å². The third-order valence-electron chi connectivity index (χ3n) is 10.9. The molecular weight excluding hydrogens is 926 g/mol. The molecular formula is C52H62AuN4O3-2. The number of nitrogens with zero attached hydrogens (tertiary/aromatic N) is 4. The van der Waals surface area contributed by atoms with Gasteiger partial charge in [0, 0.05) is 46.0 Å². The first-order valence-electron chi connectivity index (χ1n) is 21.1. The molecule has 0 aromatic heterocycles. The van der Waals surface area contributed by atoms with Gasteiger partial charge in [0.05, 0.1) is 0 Å². The fraction of sp³-hybridized carbons (Fsp3) is 0.327. The quantitative estimate of drug-likeness (QED) is 0.0565. The molecule has 5 aromatic carbocycles. The summed E-state index contributed by atoms with van der Waals surface area (Å²) in [5.41, 5.74) is 13.2. The number of fused-ring (bicyclic) bond motifs is 1. The van der Waals surface area contributed by atoms with Gasteiger partial charge in [0.2, 0.25) is 0 Å². The predicted molar refractivity (Wildman–Crippen MR) is 247 cm³/mol. The molecule has 0 saturated carbocycles. The van der Waals surface area contributed by atoms with Crippen LogP contribution in [0.1, 0.15) is 118 Å². The van der Waals surface area contributed by atoms with Gasteiger partial charge in [-0.2, -0.15) is 6.67 Å². The van der Waals surface area contributed by atoms with Crippen molar-refractivity contribution in [2.45, 2.75) is 99.8 Å². The van der Waals surface area contributed by atoms with Crippen LogP contribution in [0.2, 0.25) is 0 Å². The Hall–Kier alpha value is -4.95. The summed E-state index contributed by atoms with van der Waals surface area (Å²) in [6.07, 6.45) is 7.72. The zero-order valence-corrected chi connectivity index (χ0v) is 39.3. The second-order valence-electron chi connectivity index (χ2n) is 16.9. The van der Waals surface area contributed by atoms with E-state index < -0.39 is 6.16 Å². The molecule has 1 radical (unpaired) electrons. The average Bonchev–Trinajstić information content (AvgIpc) is 3.87. The molecule has 60 heavy (non-hydrogen) atoms. The molecule has 7 rings (SSSR count). The van der Waals surface area contributed by atoms with Crippen molar-refractivity contribution in [1.82, 2.24) is 4.90 Å². The minimum absolute atomic E-state index is 0. The monoisotopic (exact) mass is 987 g/mol. The molecule has 7 nitrogen and oxygen atoms in total. The van der Waals surface area contributed by atoms with Gasteiger partial charge in [-0.1, -0.05) is 140 Å². The molecule has 0 fully saturated rings. The predicted octanol–water partition coefficient (Wildman–Crippen LogP) is 13.8. The summed E-state index contributed by atoms with van der Waals surface area (Å²) in [6.45, 7) is 29.6. The molecule has 0 spiro atoms. The van der Waals surface area contributed by atoms with E-state index in [0.717, 1.165) is 10.8 Å². The Morgan fingerprint density at radius 2 is 1.02 bits per heavy atom. The maximum atomic E-state index is 12.0. The number of hydrogen-bond acceptors (Lipinski definition) is 7. The smallest absolute Gasteiger partial charge is 0.505 e. The third-order valence-corrected chi connectivity index (χ3v) is 10.9. The Kier molecular flexibility index (Phi) is 15.8. The summed E-state index contributed by atoms with van der Waals surface area (Å²) in [7, 11) is 0. The molecule has 8 heteroatoms. The van der Waals surface area contributed by atoms with Crippen LogP contribution in [0.15, 0.2) is 116 Å². The van der Waals surface area contributed by atoms with Crippen molar-refractivity contribution in [3.05, 3.63) is 168 Å². The van der Waals surface area contributed by atoms with Crippen LogP contribution in [0.4, 0.5) is 21.9 Å². The number of carbonyl (C=O) groups excluding carboxylic acids is 1. The Bertz CT molecular complexity index is 2170. The summed E-state index contributed by atoms with van der Waals surface area (Å²) in [4.78, 5) is 20.8. The Morgan fingerprint density at radius 1 is 0.550 bits per heavy atom. The van der Waals surface area contributed by atoms with E-state index in [1.165, 1.54) is 56.0 Å². The van der Waals surface area contributed by atoms with E-state index in [-0.39, 0.29) is 29.0 Å². The van der Waals surface area contributed by atoms with E-state index in [2.05, 4.69) is 158 Å². The van der Waals surface area contributed by atoms with Gasteiger partial charge in [0.15, 0.2) is 0 Å². The second kappa shape index (κ2) is 20.5. The van der Waals surface area contributed by atoms with Crippen LogP contribution in [-0.4, -0.2) is 24.2 Å². The number of aryl methyl sites for hydroxylation is 3. The maximum Gasteiger partial charge on any atom is 0.513 e. The maximum absolute atomic E-state index is 12.0. The molecule has 0 atom stereocenters. The number of carbonyl (C=O) groups is 1. The Balaban J connectivity index is 0.000000224. The van der Waals surface area contributed by atoms with Crippen molar-refractivity contribution in [3.8, 4) is 5.75 Å². The summed E-state index contributed by atoms with van der Waals surface area (Å²) in [5.74, 6) is 2.40. The second-order valence-corrected chi connectivity index (χ2v) is 16.9. The van der Waals surface area contributed by atoms with Crippen LogP contribution in [0.25, 0.3) is 10.8 Å². The number of ether oxygens (including phenoxy) is 2. The zero-order valence-electron chi connectivity index (χ0n) is 37.2. The molecule has 2 heterocycles. The third kappa shape index (κ3) is 10.9. The van der Waals surface area contributed by atoms with Crippen LogP contribution >= 0.6 is 0 Å². The number of benzene rings is 5. The number of anilines is 3. The van der Waals surface area contributed by atoms with Crippen LogP contribution in [0, 0.1) is 34.1 Å². The van der Waals surface area contributed by atoms with Gasteiger partial charge in [-0.15, -0.1) is 6.67 Å². The van der Waals surface area contributed by atoms with Gasteiger partial charge in [-0.05, 0) is 126 Å². The van der Waals surface area contributed by atoms with Gasteiger partial charge in [0.1, 0.15) is 12.4 Å². The molecule has 0 amide bonds. The fourth-order valence-corrected chi connectivity index (χ4v) is 8.07. The number of hydrogen-bond donors (Lipinski definition) is 0. The largest absolute Gasteiger partial charge is 0.513 e. The summed E-state index contributed by atoms with van der Waals surface area (Å²) in [6, 6.07) is 31.3. The van der Waals surface area contributed by atoms with E-state index in [1.807, 2.05) is 60.4 Å². The van der Waals surface area contributed by atoms with Crippen molar-refractivity contribution in [2.75, 3.05) is 27.9 Å². The minimum atomic E-state index is -0.699. The first-order valence-corrected chi connectivity index (χ1v) is 21.1. The first kappa shape index (κ1) is 46.1. The Labute approximate surface area is 375 Å².